The highest BCUT2D eigenvalue weighted by Crippen LogP contribution is 2.20. The molecule has 0 aliphatic carbocycles. The number of piperazine rings is 1. The molecule has 1 aromatic heterocycles. The van der Waals surface area contributed by atoms with Gasteiger partial charge in [0.2, 0.25) is 0 Å². The van der Waals surface area contributed by atoms with Gasteiger partial charge in [0.15, 0.2) is 0 Å². The zero-order chi connectivity index (χ0) is 9.97. The van der Waals surface area contributed by atoms with Crippen LogP contribution < -0.4 is 15.8 Å². The molecular formula is C8H11BrN4O. The lowest BCUT2D eigenvalue weighted by Gasteiger charge is -2.29. The lowest BCUT2D eigenvalue weighted by atomic mass is 10.3. The highest BCUT2D eigenvalue weighted by atomic mass is 79.9. The van der Waals surface area contributed by atoms with Gasteiger partial charge in [-0.2, -0.15) is 5.10 Å². The maximum absolute atomic E-state index is 11.3. The Bertz CT molecular complexity index is 372. The van der Waals surface area contributed by atoms with Crippen LogP contribution in [0.25, 0.3) is 0 Å². The second-order valence-electron chi connectivity index (χ2n) is 3.14. The summed E-state index contributed by atoms with van der Waals surface area (Å²) in [6, 6.07) is 0. The van der Waals surface area contributed by atoms with Crippen LogP contribution in [0.15, 0.2) is 15.5 Å². The van der Waals surface area contributed by atoms with Crippen LogP contribution in [0.3, 0.4) is 0 Å². The molecule has 0 atom stereocenters. The Balaban J connectivity index is 2.30. The first-order valence-corrected chi connectivity index (χ1v) is 5.27. The number of anilines is 1. The van der Waals surface area contributed by atoms with Crippen LogP contribution in [0.5, 0.6) is 0 Å². The van der Waals surface area contributed by atoms with Crippen molar-refractivity contribution in [2.75, 3.05) is 31.1 Å². The smallest absolute Gasteiger partial charge is 0.280 e. The molecule has 0 bridgehead atoms. The maximum atomic E-state index is 11.3. The molecule has 2 N–H and O–H groups in total. The van der Waals surface area contributed by atoms with Crippen LogP contribution in [0, 0.1) is 0 Å². The SMILES string of the molecule is O=c1[nH]ncc(N2CCNCC2)c1Br. The van der Waals surface area contributed by atoms with Gasteiger partial charge in [0.1, 0.15) is 4.47 Å². The summed E-state index contributed by atoms with van der Waals surface area (Å²) in [6.45, 7) is 3.70. The van der Waals surface area contributed by atoms with Crippen molar-refractivity contribution in [3.63, 3.8) is 0 Å². The fourth-order valence-corrected chi connectivity index (χ4v) is 1.94. The van der Waals surface area contributed by atoms with Gasteiger partial charge in [0.05, 0.1) is 11.9 Å². The van der Waals surface area contributed by atoms with Crippen molar-refractivity contribution >= 4 is 21.6 Å². The van der Waals surface area contributed by atoms with Crippen molar-refractivity contribution in [1.82, 2.24) is 15.5 Å². The third kappa shape index (κ3) is 1.80. The van der Waals surface area contributed by atoms with E-state index in [-0.39, 0.29) is 5.56 Å². The minimum Gasteiger partial charge on any atom is -0.367 e. The number of aromatic nitrogens is 2. The number of nitrogens with zero attached hydrogens (tertiary/aromatic N) is 2. The number of H-pyrrole nitrogens is 1. The average molecular weight is 259 g/mol. The summed E-state index contributed by atoms with van der Waals surface area (Å²) in [7, 11) is 0. The number of rotatable bonds is 1. The second-order valence-corrected chi connectivity index (χ2v) is 3.93. The molecule has 1 aliphatic rings. The summed E-state index contributed by atoms with van der Waals surface area (Å²) in [4.78, 5) is 13.4. The van der Waals surface area contributed by atoms with Crippen LogP contribution in [-0.2, 0) is 0 Å². The van der Waals surface area contributed by atoms with Crippen molar-refractivity contribution in [3.05, 3.63) is 21.0 Å². The van der Waals surface area contributed by atoms with E-state index in [2.05, 4.69) is 36.3 Å². The Kier molecular flexibility index (Phi) is 2.83. The first-order chi connectivity index (χ1) is 6.79. The Labute approximate surface area is 89.6 Å². The summed E-state index contributed by atoms with van der Waals surface area (Å²) in [5.41, 5.74) is 0.691. The first kappa shape index (κ1) is 9.67. The lowest BCUT2D eigenvalue weighted by molar-refractivity contribution is 0.587. The summed E-state index contributed by atoms with van der Waals surface area (Å²) < 4.78 is 0.564. The molecule has 1 fully saturated rings. The van der Waals surface area contributed by atoms with E-state index in [4.69, 9.17) is 0 Å². The van der Waals surface area contributed by atoms with E-state index in [0.717, 1.165) is 31.9 Å². The summed E-state index contributed by atoms with van der Waals surface area (Å²) in [5, 5.41) is 9.43. The van der Waals surface area contributed by atoms with Crippen LogP contribution in [0.2, 0.25) is 0 Å². The standard InChI is InChI=1S/C8H11BrN4O/c9-7-6(5-11-12-8(7)14)13-3-1-10-2-4-13/h5,10H,1-4H2,(H,12,14). The predicted molar refractivity (Wildman–Crippen MR) is 57.6 cm³/mol. The van der Waals surface area contributed by atoms with Gasteiger partial charge in [0, 0.05) is 26.2 Å². The van der Waals surface area contributed by atoms with Gasteiger partial charge in [-0.25, -0.2) is 5.10 Å². The predicted octanol–water partition coefficient (Wildman–Crippen LogP) is -0.0580. The summed E-state index contributed by atoms with van der Waals surface area (Å²) >= 11 is 3.27. The quantitative estimate of drug-likeness (QED) is 0.742. The Morgan fingerprint density at radius 2 is 2.14 bits per heavy atom. The minimum atomic E-state index is -0.180. The number of nitrogens with one attached hydrogen (secondary N) is 2. The van der Waals surface area contributed by atoms with Gasteiger partial charge in [0.25, 0.3) is 5.56 Å². The minimum absolute atomic E-state index is 0.180. The lowest BCUT2D eigenvalue weighted by Crippen LogP contribution is -2.44. The molecule has 0 radical (unpaired) electrons. The van der Waals surface area contributed by atoms with Crippen molar-refractivity contribution < 1.29 is 0 Å². The average Bonchev–Trinajstić information content (AvgIpc) is 2.23. The summed E-state index contributed by atoms with van der Waals surface area (Å²) in [5.74, 6) is 0. The van der Waals surface area contributed by atoms with E-state index in [1.54, 1.807) is 6.20 Å². The van der Waals surface area contributed by atoms with Crippen LogP contribution in [0.1, 0.15) is 0 Å². The van der Waals surface area contributed by atoms with Gasteiger partial charge in [-0.1, -0.05) is 0 Å². The van der Waals surface area contributed by atoms with Crippen molar-refractivity contribution in [1.29, 1.82) is 0 Å². The van der Waals surface area contributed by atoms with Crippen LogP contribution >= 0.6 is 15.9 Å². The molecule has 1 aromatic rings. The zero-order valence-corrected chi connectivity index (χ0v) is 9.17. The molecule has 14 heavy (non-hydrogen) atoms. The zero-order valence-electron chi connectivity index (χ0n) is 7.59. The largest absolute Gasteiger partial charge is 0.367 e. The van der Waals surface area contributed by atoms with Crippen molar-refractivity contribution in [3.8, 4) is 0 Å². The van der Waals surface area contributed by atoms with Gasteiger partial charge in [-0.3, -0.25) is 4.79 Å². The van der Waals surface area contributed by atoms with Gasteiger partial charge < -0.3 is 10.2 Å². The molecule has 1 saturated heterocycles. The molecule has 2 rings (SSSR count). The molecule has 0 saturated carbocycles. The van der Waals surface area contributed by atoms with Gasteiger partial charge in [-0.15, -0.1) is 0 Å². The van der Waals surface area contributed by atoms with E-state index >= 15 is 0 Å². The Morgan fingerprint density at radius 1 is 1.43 bits per heavy atom. The van der Waals surface area contributed by atoms with Gasteiger partial charge in [-0.05, 0) is 15.9 Å². The molecular weight excluding hydrogens is 248 g/mol. The number of halogens is 1. The molecule has 0 aromatic carbocycles. The van der Waals surface area contributed by atoms with E-state index in [9.17, 15) is 4.79 Å². The summed E-state index contributed by atoms with van der Waals surface area (Å²) in [6.07, 6.45) is 1.68. The fraction of sp³-hybridized carbons (Fsp3) is 0.500. The van der Waals surface area contributed by atoms with E-state index in [1.807, 2.05) is 0 Å². The van der Waals surface area contributed by atoms with Crippen LogP contribution in [0.4, 0.5) is 5.69 Å². The van der Waals surface area contributed by atoms with Crippen molar-refractivity contribution in [2.24, 2.45) is 0 Å². The molecule has 2 heterocycles. The third-order valence-corrected chi connectivity index (χ3v) is 3.00. The molecule has 0 amide bonds. The highest BCUT2D eigenvalue weighted by molar-refractivity contribution is 9.10. The Hall–Kier alpha value is -0.880. The molecule has 0 spiro atoms. The fourth-order valence-electron chi connectivity index (χ4n) is 1.50. The molecule has 1 aliphatic heterocycles. The first-order valence-electron chi connectivity index (χ1n) is 4.48. The maximum Gasteiger partial charge on any atom is 0.280 e. The number of hydrogen-bond donors (Lipinski definition) is 2. The van der Waals surface area contributed by atoms with Crippen LogP contribution in [-0.4, -0.2) is 36.4 Å². The normalized spacial score (nSPS) is 17.1. The molecule has 5 nitrogen and oxygen atoms in total. The monoisotopic (exact) mass is 258 g/mol. The highest BCUT2D eigenvalue weighted by Gasteiger charge is 2.14. The topological polar surface area (TPSA) is 61.0 Å². The van der Waals surface area contributed by atoms with Gasteiger partial charge >= 0.3 is 0 Å². The molecule has 6 heteroatoms. The molecule has 0 unspecified atom stereocenters. The van der Waals surface area contributed by atoms with E-state index < -0.39 is 0 Å². The number of aromatic amines is 1. The second kappa shape index (κ2) is 4.10. The van der Waals surface area contributed by atoms with E-state index in [0.29, 0.717) is 4.47 Å². The molecule has 76 valence electrons. The van der Waals surface area contributed by atoms with E-state index in [1.165, 1.54) is 0 Å². The number of hydrogen-bond acceptors (Lipinski definition) is 4. The van der Waals surface area contributed by atoms with Crippen molar-refractivity contribution in [2.45, 2.75) is 0 Å². The third-order valence-electron chi connectivity index (χ3n) is 2.23. The Morgan fingerprint density at radius 3 is 2.86 bits per heavy atom.